The summed E-state index contributed by atoms with van der Waals surface area (Å²) in [7, 11) is 0. The van der Waals surface area contributed by atoms with Gasteiger partial charge in [0.1, 0.15) is 5.82 Å². The molecule has 0 bridgehead atoms. The topological polar surface area (TPSA) is 88.4 Å². The summed E-state index contributed by atoms with van der Waals surface area (Å²) in [6.45, 7) is 3.98. The normalized spacial score (nSPS) is 14.9. The molecule has 2 heterocycles. The number of carbonyl (C=O) groups is 1. The molecule has 3 rings (SSSR count). The van der Waals surface area contributed by atoms with E-state index in [1.165, 1.54) is 6.07 Å². The van der Waals surface area contributed by atoms with Gasteiger partial charge in [-0.2, -0.15) is 0 Å². The zero-order valence-corrected chi connectivity index (χ0v) is 14.7. The van der Waals surface area contributed by atoms with Crippen molar-refractivity contribution in [3.63, 3.8) is 0 Å². The Morgan fingerprint density at radius 3 is 2.54 bits per heavy atom. The largest absolute Gasteiger partial charge is 0.357 e. The summed E-state index contributed by atoms with van der Waals surface area (Å²) in [5.74, 6) is 0.843. The lowest BCUT2D eigenvalue weighted by molar-refractivity contribution is -0.384. The first-order chi connectivity index (χ1) is 12.6. The highest BCUT2D eigenvalue weighted by Crippen LogP contribution is 2.31. The van der Waals surface area contributed by atoms with Gasteiger partial charge in [-0.05, 0) is 25.8 Å². The van der Waals surface area contributed by atoms with Crippen LogP contribution in [0.5, 0.6) is 0 Å². The van der Waals surface area contributed by atoms with Gasteiger partial charge in [-0.15, -0.1) is 0 Å². The average molecular weight is 354 g/mol. The van der Waals surface area contributed by atoms with E-state index >= 15 is 0 Å². The van der Waals surface area contributed by atoms with E-state index in [1.807, 2.05) is 37.3 Å². The first-order valence-corrected chi connectivity index (χ1v) is 8.83. The number of anilines is 1. The molecular weight excluding hydrogens is 332 g/mol. The molecule has 0 saturated carbocycles. The van der Waals surface area contributed by atoms with Crippen LogP contribution in [0.4, 0.5) is 11.5 Å². The molecule has 1 aliphatic heterocycles. The van der Waals surface area contributed by atoms with E-state index in [4.69, 9.17) is 0 Å². The fraction of sp³-hybridized carbons (Fsp3) is 0.368. The average Bonchev–Trinajstić information content (AvgIpc) is 2.68. The smallest absolute Gasteiger partial charge is 0.295 e. The van der Waals surface area contributed by atoms with Crippen molar-refractivity contribution < 1.29 is 9.72 Å². The van der Waals surface area contributed by atoms with Crippen LogP contribution in [0.1, 0.15) is 19.8 Å². The Hall–Kier alpha value is -2.96. The zero-order valence-electron chi connectivity index (χ0n) is 14.7. The molecule has 2 aromatic rings. The van der Waals surface area contributed by atoms with Gasteiger partial charge < -0.3 is 10.2 Å². The molecule has 1 aromatic heterocycles. The third-order valence-corrected chi connectivity index (χ3v) is 4.64. The number of hydrogen-bond donors (Lipinski definition) is 1. The van der Waals surface area contributed by atoms with Crippen molar-refractivity contribution in [1.82, 2.24) is 10.3 Å². The number of nitro groups is 1. The standard InChI is InChI=1S/C19H22N4O3/c1-2-20-19(24)15-10-12-22(13-11-15)17-9-8-16(23(25)26)18(21-17)14-6-4-3-5-7-14/h3-9,15H,2,10-13H2,1H3,(H,20,24). The fourth-order valence-electron chi connectivity index (χ4n) is 3.26. The van der Waals surface area contributed by atoms with Gasteiger partial charge in [0.25, 0.3) is 5.69 Å². The minimum atomic E-state index is -0.402. The van der Waals surface area contributed by atoms with E-state index in [-0.39, 0.29) is 17.5 Å². The van der Waals surface area contributed by atoms with Crippen molar-refractivity contribution in [2.24, 2.45) is 5.92 Å². The second-order valence-electron chi connectivity index (χ2n) is 6.32. The summed E-state index contributed by atoms with van der Waals surface area (Å²) < 4.78 is 0. The molecule has 136 valence electrons. The van der Waals surface area contributed by atoms with Gasteiger partial charge >= 0.3 is 0 Å². The van der Waals surface area contributed by atoms with Crippen molar-refractivity contribution in [1.29, 1.82) is 0 Å². The maximum Gasteiger partial charge on any atom is 0.295 e. The first kappa shape index (κ1) is 17.8. The zero-order chi connectivity index (χ0) is 18.5. The van der Waals surface area contributed by atoms with E-state index in [0.29, 0.717) is 31.1 Å². The summed E-state index contributed by atoms with van der Waals surface area (Å²) in [6, 6.07) is 12.4. The van der Waals surface area contributed by atoms with Crippen molar-refractivity contribution >= 4 is 17.4 Å². The number of nitrogens with one attached hydrogen (secondary N) is 1. The summed E-state index contributed by atoms with van der Waals surface area (Å²) in [5.41, 5.74) is 1.09. The van der Waals surface area contributed by atoms with Gasteiger partial charge in [-0.3, -0.25) is 14.9 Å². The van der Waals surface area contributed by atoms with E-state index < -0.39 is 4.92 Å². The molecule has 1 saturated heterocycles. The van der Waals surface area contributed by atoms with Gasteiger partial charge in [0.15, 0.2) is 5.69 Å². The Morgan fingerprint density at radius 1 is 1.23 bits per heavy atom. The number of rotatable bonds is 5. The van der Waals surface area contributed by atoms with Crippen LogP contribution in [-0.2, 0) is 4.79 Å². The number of amides is 1. The number of nitrogens with zero attached hydrogens (tertiary/aromatic N) is 3. The molecule has 0 spiro atoms. The van der Waals surface area contributed by atoms with Crippen LogP contribution < -0.4 is 10.2 Å². The van der Waals surface area contributed by atoms with E-state index in [9.17, 15) is 14.9 Å². The highest BCUT2D eigenvalue weighted by Gasteiger charge is 2.26. The molecular formula is C19H22N4O3. The molecule has 26 heavy (non-hydrogen) atoms. The Labute approximate surface area is 152 Å². The number of carbonyl (C=O) groups excluding carboxylic acids is 1. The van der Waals surface area contributed by atoms with Gasteiger partial charge in [-0.25, -0.2) is 4.98 Å². The number of benzene rings is 1. The molecule has 0 radical (unpaired) electrons. The SMILES string of the molecule is CCNC(=O)C1CCN(c2ccc([N+](=O)[O-])c(-c3ccccc3)n2)CC1. The molecule has 7 heteroatoms. The summed E-state index contributed by atoms with van der Waals surface area (Å²) in [6.07, 6.45) is 1.51. The van der Waals surface area contributed by atoms with E-state index in [1.54, 1.807) is 6.07 Å². The van der Waals surface area contributed by atoms with Crippen LogP contribution in [0.25, 0.3) is 11.3 Å². The van der Waals surface area contributed by atoms with Crippen LogP contribution >= 0.6 is 0 Å². The molecule has 1 N–H and O–H groups in total. The molecule has 1 aliphatic rings. The molecule has 1 aromatic carbocycles. The maximum absolute atomic E-state index is 12.0. The Kier molecular flexibility index (Phi) is 5.46. The van der Waals surface area contributed by atoms with Crippen LogP contribution in [0.2, 0.25) is 0 Å². The highest BCUT2D eigenvalue weighted by molar-refractivity contribution is 5.79. The maximum atomic E-state index is 12.0. The van der Waals surface area contributed by atoms with Crippen molar-refractivity contribution in [3.05, 3.63) is 52.6 Å². The predicted octanol–water partition coefficient (Wildman–Crippen LogP) is 3.01. The van der Waals surface area contributed by atoms with Crippen LogP contribution in [0.15, 0.2) is 42.5 Å². The summed E-state index contributed by atoms with van der Waals surface area (Å²) in [4.78, 5) is 29.6. The number of aromatic nitrogens is 1. The van der Waals surface area contributed by atoms with Gasteiger partial charge in [0, 0.05) is 37.2 Å². The van der Waals surface area contributed by atoms with Crippen molar-refractivity contribution in [2.75, 3.05) is 24.5 Å². The number of hydrogen-bond acceptors (Lipinski definition) is 5. The lowest BCUT2D eigenvalue weighted by Gasteiger charge is -2.32. The minimum Gasteiger partial charge on any atom is -0.357 e. The second-order valence-corrected chi connectivity index (χ2v) is 6.32. The summed E-state index contributed by atoms with van der Waals surface area (Å²) >= 11 is 0. The third-order valence-electron chi connectivity index (χ3n) is 4.64. The van der Waals surface area contributed by atoms with Crippen LogP contribution in [0, 0.1) is 16.0 Å². The van der Waals surface area contributed by atoms with Crippen LogP contribution in [0.3, 0.4) is 0 Å². The fourth-order valence-corrected chi connectivity index (χ4v) is 3.26. The second kappa shape index (κ2) is 7.95. The first-order valence-electron chi connectivity index (χ1n) is 8.83. The van der Waals surface area contributed by atoms with E-state index in [0.717, 1.165) is 18.4 Å². The van der Waals surface area contributed by atoms with Crippen LogP contribution in [-0.4, -0.2) is 35.4 Å². The molecule has 1 fully saturated rings. The molecule has 0 aliphatic carbocycles. The highest BCUT2D eigenvalue weighted by atomic mass is 16.6. The monoisotopic (exact) mass is 354 g/mol. The Balaban J connectivity index is 1.82. The lowest BCUT2D eigenvalue weighted by Crippen LogP contribution is -2.40. The molecule has 0 atom stereocenters. The Morgan fingerprint density at radius 2 is 1.92 bits per heavy atom. The van der Waals surface area contributed by atoms with E-state index in [2.05, 4.69) is 15.2 Å². The van der Waals surface area contributed by atoms with Gasteiger partial charge in [0.05, 0.1) is 4.92 Å². The molecule has 0 unspecified atom stereocenters. The summed E-state index contributed by atoms with van der Waals surface area (Å²) in [5, 5.41) is 14.2. The quantitative estimate of drug-likeness (QED) is 0.659. The Bertz CT molecular complexity index is 787. The number of pyridine rings is 1. The van der Waals surface area contributed by atoms with Crippen molar-refractivity contribution in [3.8, 4) is 11.3 Å². The minimum absolute atomic E-state index is 0.00263. The molecule has 1 amide bonds. The lowest BCUT2D eigenvalue weighted by atomic mass is 9.96. The van der Waals surface area contributed by atoms with Crippen molar-refractivity contribution in [2.45, 2.75) is 19.8 Å². The van der Waals surface area contributed by atoms with Gasteiger partial charge in [-0.1, -0.05) is 30.3 Å². The van der Waals surface area contributed by atoms with Gasteiger partial charge in [0.2, 0.25) is 5.91 Å². The number of piperidine rings is 1. The predicted molar refractivity (Wildman–Crippen MR) is 99.9 cm³/mol. The third kappa shape index (κ3) is 3.82. The molecule has 7 nitrogen and oxygen atoms in total.